The van der Waals surface area contributed by atoms with Gasteiger partial charge in [0.05, 0.1) is 21.7 Å². The summed E-state index contributed by atoms with van der Waals surface area (Å²) in [6, 6.07) is 16.5. The molecule has 0 aliphatic carbocycles. The molecule has 2 aromatic heterocycles. The van der Waals surface area contributed by atoms with Crippen LogP contribution in [0.3, 0.4) is 0 Å². The number of thioether (sulfide) groups is 1. The molecule has 0 aliphatic rings. The van der Waals surface area contributed by atoms with Gasteiger partial charge >= 0.3 is 0 Å². The van der Waals surface area contributed by atoms with Gasteiger partial charge in [-0.2, -0.15) is 0 Å². The van der Waals surface area contributed by atoms with Crippen LogP contribution in [0.25, 0.3) is 22.8 Å². The normalized spacial score (nSPS) is 12.1. The molecule has 2 heterocycles. The lowest BCUT2D eigenvalue weighted by Gasteiger charge is -2.11. The first-order chi connectivity index (χ1) is 15.3. The number of primary amides is 1. The Morgan fingerprint density at radius 2 is 1.75 bits per heavy atom. The van der Waals surface area contributed by atoms with Crippen molar-refractivity contribution in [1.82, 2.24) is 24.1 Å². The molecule has 164 valence electrons. The van der Waals surface area contributed by atoms with Crippen molar-refractivity contribution in [2.75, 3.05) is 0 Å². The Bertz CT molecular complexity index is 1360. The number of hydrogen-bond donors (Lipinski definition) is 1. The smallest absolute Gasteiger partial charge is 0.296 e. The number of carbonyl (C=O) groups is 1. The number of amides is 1. The van der Waals surface area contributed by atoms with Gasteiger partial charge in [0.25, 0.3) is 5.56 Å². The molecule has 2 aromatic carbocycles. The average Bonchev–Trinajstić information content (AvgIpc) is 3.26. The third-order valence-electron chi connectivity index (χ3n) is 5.18. The molecule has 0 spiro atoms. The maximum Gasteiger partial charge on any atom is 0.296 e. The second kappa shape index (κ2) is 8.68. The second-order valence-corrected chi connectivity index (χ2v) is 8.91. The van der Waals surface area contributed by atoms with Crippen LogP contribution in [-0.4, -0.2) is 35.3 Å². The Morgan fingerprint density at radius 3 is 2.41 bits per heavy atom. The van der Waals surface area contributed by atoms with E-state index in [0.29, 0.717) is 32.9 Å². The van der Waals surface area contributed by atoms with Crippen molar-refractivity contribution in [3.8, 4) is 22.8 Å². The fourth-order valence-corrected chi connectivity index (χ4v) is 4.42. The van der Waals surface area contributed by atoms with E-state index in [1.54, 1.807) is 26.9 Å². The highest BCUT2D eigenvalue weighted by molar-refractivity contribution is 8.00. The van der Waals surface area contributed by atoms with E-state index < -0.39 is 11.2 Å². The van der Waals surface area contributed by atoms with E-state index in [9.17, 15) is 9.59 Å². The summed E-state index contributed by atoms with van der Waals surface area (Å²) in [6.07, 6.45) is 0. The van der Waals surface area contributed by atoms with Crippen molar-refractivity contribution in [3.63, 3.8) is 0 Å². The maximum absolute atomic E-state index is 13.7. The number of nitrogens with zero attached hydrogens (tertiary/aromatic N) is 5. The van der Waals surface area contributed by atoms with Crippen molar-refractivity contribution < 1.29 is 4.79 Å². The molecule has 1 unspecified atom stereocenters. The molecule has 32 heavy (non-hydrogen) atoms. The largest absolute Gasteiger partial charge is 0.369 e. The number of nitrogens with two attached hydrogens (primary N) is 1. The molecule has 4 aromatic rings. The van der Waals surface area contributed by atoms with Crippen molar-refractivity contribution in [3.05, 3.63) is 75.7 Å². The number of halogens is 1. The van der Waals surface area contributed by atoms with Crippen LogP contribution >= 0.6 is 23.4 Å². The SMILES string of the molecule is Cc1c(-n2c(SC(C)C(N)=O)nnc2-c2ccccc2Cl)c(=O)n(-c2ccccc2)n1C. The maximum atomic E-state index is 13.7. The summed E-state index contributed by atoms with van der Waals surface area (Å²) < 4.78 is 5.00. The number of carbonyl (C=O) groups excluding carboxylic acids is 1. The van der Waals surface area contributed by atoms with Gasteiger partial charge in [-0.15, -0.1) is 10.2 Å². The topological polar surface area (TPSA) is 101 Å². The molecule has 0 radical (unpaired) electrons. The number of benzene rings is 2. The molecule has 1 atom stereocenters. The molecule has 8 nitrogen and oxygen atoms in total. The van der Waals surface area contributed by atoms with Gasteiger partial charge in [-0.05, 0) is 38.1 Å². The molecule has 2 N–H and O–H groups in total. The van der Waals surface area contributed by atoms with Crippen LogP contribution in [0, 0.1) is 6.92 Å². The zero-order valence-corrected chi connectivity index (χ0v) is 19.3. The Kier molecular flexibility index (Phi) is 5.94. The summed E-state index contributed by atoms with van der Waals surface area (Å²) in [4.78, 5) is 25.4. The van der Waals surface area contributed by atoms with Gasteiger partial charge < -0.3 is 5.73 Å². The zero-order valence-electron chi connectivity index (χ0n) is 17.7. The number of para-hydroxylation sites is 1. The Labute approximate surface area is 193 Å². The van der Waals surface area contributed by atoms with Gasteiger partial charge in [0.1, 0.15) is 5.69 Å². The fourth-order valence-electron chi connectivity index (χ4n) is 3.39. The third-order valence-corrected chi connectivity index (χ3v) is 6.57. The number of rotatable bonds is 6. The van der Waals surface area contributed by atoms with Crippen LogP contribution in [-0.2, 0) is 11.8 Å². The summed E-state index contributed by atoms with van der Waals surface area (Å²) in [7, 11) is 1.81. The lowest BCUT2D eigenvalue weighted by Crippen LogP contribution is -2.24. The molecule has 0 bridgehead atoms. The minimum atomic E-state index is -0.572. The molecular formula is C22H21ClN6O2S. The number of aromatic nitrogens is 5. The average molecular weight is 469 g/mol. The van der Waals surface area contributed by atoms with Crippen LogP contribution in [0.15, 0.2) is 64.5 Å². The molecule has 10 heteroatoms. The minimum Gasteiger partial charge on any atom is -0.369 e. The summed E-state index contributed by atoms with van der Waals surface area (Å²) in [5.41, 5.74) is 7.63. The van der Waals surface area contributed by atoms with Crippen LogP contribution in [0.1, 0.15) is 12.6 Å². The van der Waals surface area contributed by atoms with Gasteiger partial charge in [-0.25, -0.2) is 4.68 Å². The third kappa shape index (κ3) is 3.74. The van der Waals surface area contributed by atoms with E-state index in [0.717, 1.165) is 17.4 Å². The van der Waals surface area contributed by atoms with Crippen LogP contribution < -0.4 is 11.3 Å². The summed E-state index contributed by atoms with van der Waals surface area (Å²) in [5.74, 6) is -0.0869. The Morgan fingerprint density at radius 1 is 1.09 bits per heavy atom. The molecule has 0 fully saturated rings. The standard InChI is InChI=1S/C22H21ClN6O2S/c1-13-18(21(31)29(27(13)3)15-9-5-4-6-10-15)28-20(16-11-7-8-12-17(16)23)25-26-22(28)32-14(2)19(24)30/h4-12,14H,1-3H3,(H2,24,30). The monoisotopic (exact) mass is 468 g/mol. The van der Waals surface area contributed by atoms with E-state index in [1.807, 2.05) is 62.5 Å². The number of hydrogen-bond acceptors (Lipinski definition) is 5. The summed E-state index contributed by atoms with van der Waals surface area (Å²) in [5, 5.41) is 8.88. The van der Waals surface area contributed by atoms with Crippen LogP contribution in [0.2, 0.25) is 5.02 Å². The summed E-state index contributed by atoms with van der Waals surface area (Å²) >= 11 is 7.58. The lowest BCUT2D eigenvalue weighted by atomic mass is 10.2. The van der Waals surface area contributed by atoms with E-state index in [4.69, 9.17) is 17.3 Å². The van der Waals surface area contributed by atoms with Crippen LogP contribution in [0.5, 0.6) is 0 Å². The van der Waals surface area contributed by atoms with Gasteiger partial charge in [0, 0.05) is 12.6 Å². The molecule has 4 rings (SSSR count). The van der Waals surface area contributed by atoms with Gasteiger partial charge in [0.2, 0.25) is 5.91 Å². The molecule has 0 saturated heterocycles. The first-order valence-electron chi connectivity index (χ1n) is 9.82. The summed E-state index contributed by atoms with van der Waals surface area (Å²) in [6.45, 7) is 3.53. The van der Waals surface area contributed by atoms with Crippen molar-refractivity contribution in [1.29, 1.82) is 0 Å². The fraction of sp³-hybridized carbons (Fsp3) is 0.182. The predicted molar refractivity (Wildman–Crippen MR) is 126 cm³/mol. The van der Waals surface area contributed by atoms with Crippen molar-refractivity contribution in [2.24, 2.45) is 12.8 Å². The van der Waals surface area contributed by atoms with E-state index in [1.165, 1.54) is 0 Å². The minimum absolute atomic E-state index is 0.252. The Hall–Kier alpha value is -3.30. The first-order valence-corrected chi connectivity index (χ1v) is 11.1. The Balaban J connectivity index is 2.01. The van der Waals surface area contributed by atoms with E-state index in [2.05, 4.69) is 10.2 Å². The second-order valence-electron chi connectivity index (χ2n) is 7.19. The van der Waals surface area contributed by atoms with E-state index in [-0.39, 0.29) is 5.56 Å². The van der Waals surface area contributed by atoms with Crippen molar-refractivity contribution >= 4 is 29.3 Å². The highest BCUT2D eigenvalue weighted by Crippen LogP contribution is 2.33. The van der Waals surface area contributed by atoms with Crippen molar-refractivity contribution in [2.45, 2.75) is 24.3 Å². The zero-order chi connectivity index (χ0) is 23.0. The highest BCUT2D eigenvalue weighted by atomic mass is 35.5. The van der Waals surface area contributed by atoms with Gasteiger partial charge in [-0.3, -0.25) is 18.8 Å². The quantitative estimate of drug-likeness (QED) is 0.437. The van der Waals surface area contributed by atoms with Gasteiger partial charge in [0.15, 0.2) is 11.0 Å². The lowest BCUT2D eigenvalue weighted by molar-refractivity contribution is -0.117. The van der Waals surface area contributed by atoms with Crippen LogP contribution in [0.4, 0.5) is 0 Å². The first kappa shape index (κ1) is 21.9. The highest BCUT2D eigenvalue weighted by Gasteiger charge is 2.27. The van der Waals surface area contributed by atoms with E-state index >= 15 is 0 Å². The molecule has 0 aliphatic heterocycles. The molecule has 1 amide bonds. The predicted octanol–water partition coefficient (Wildman–Crippen LogP) is 3.35. The van der Waals surface area contributed by atoms with Gasteiger partial charge in [-0.1, -0.05) is 53.7 Å². The molecule has 0 saturated carbocycles. The molecular weight excluding hydrogens is 448 g/mol.